The molecular formula is C15H18BrN3O5S. The lowest BCUT2D eigenvalue weighted by atomic mass is 10.1. The maximum Gasteiger partial charge on any atom is 0.308 e. The third kappa shape index (κ3) is 5.27. The van der Waals surface area contributed by atoms with Crippen LogP contribution in [0.15, 0.2) is 21.2 Å². The van der Waals surface area contributed by atoms with Crippen molar-refractivity contribution in [1.82, 2.24) is 15.5 Å². The van der Waals surface area contributed by atoms with E-state index in [1.54, 1.807) is 19.9 Å². The predicted molar refractivity (Wildman–Crippen MR) is 95.8 cm³/mol. The normalized spacial score (nSPS) is 17.2. The Kier molecular flexibility index (Phi) is 6.54. The summed E-state index contributed by atoms with van der Waals surface area (Å²) in [5.41, 5.74) is 0. The van der Waals surface area contributed by atoms with Crippen LogP contribution in [0.2, 0.25) is 0 Å². The molecule has 0 bridgehead atoms. The van der Waals surface area contributed by atoms with E-state index in [0.717, 1.165) is 0 Å². The van der Waals surface area contributed by atoms with Crippen LogP contribution in [0.3, 0.4) is 0 Å². The number of hydrogen-bond acceptors (Lipinski definition) is 6. The van der Waals surface area contributed by atoms with Crippen LogP contribution >= 0.6 is 28.1 Å². The SMILES string of the molecule is CC(C)OC(=O)CC1C(=O)NCCN1C(=S)NC(=O)c1ccc(Br)o1. The number of hydrogen-bond donors (Lipinski definition) is 2. The van der Waals surface area contributed by atoms with Crippen molar-refractivity contribution in [3.05, 3.63) is 22.6 Å². The van der Waals surface area contributed by atoms with Gasteiger partial charge in [-0.15, -0.1) is 0 Å². The van der Waals surface area contributed by atoms with Gasteiger partial charge in [0.2, 0.25) is 5.91 Å². The lowest BCUT2D eigenvalue weighted by Crippen LogP contribution is -2.60. The van der Waals surface area contributed by atoms with Crippen LogP contribution in [0.1, 0.15) is 30.8 Å². The smallest absolute Gasteiger partial charge is 0.308 e. The zero-order chi connectivity index (χ0) is 18.6. The second-order valence-corrected chi connectivity index (χ2v) is 6.77. The second kappa shape index (κ2) is 8.43. The van der Waals surface area contributed by atoms with Crippen molar-refractivity contribution in [3.63, 3.8) is 0 Å². The first-order chi connectivity index (χ1) is 11.8. The zero-order valence-electron chi connectivity index (χ0n) is 13.7. The highest BCUT2D eigenvalue weighted by atomic mass is 79.9. The maximum absolute atomic E-state index is 12.1. The minimum atomic E-state index is -0.837. The molecule has 8 nitrogen and oxygen atoms in total. The van der Waals surface area contributed by atoms with Crippen molar-refractivity contribution in [2.75, 3.05) is 13.1 Å². The molecule has 0 aromatic carbocycles. The van der Waals surface area contributed by atoms with Crippen LogP contribution in [-0.4, -0.2) is 53.0 Å². The van der Waals surface area contributed by atoms with Crippen LogP contribution in [0.5, 0.6) is 0 Å². The fraction of sp³-hybridized carbons (Fsp3) is 0.467. The van der Waals surface area contributed by atoms with Gasteiger partial charge in [0.05, 0.1) is 12.5 Å². The average Bonchev–Trinajstić information content (AvgIpc) is 2.95. The number of carbonyl (C=O) groups excluding carboxylic acids is 3. The van der Waals surface area contributed by atoms with Crippen LogP contribution < -0.4 is 10.6 Å². The molecule has 0 saturated carbocycles. The number of halogens is 1. The number of thiocarbonyl (C=S) groups is 1. The van der Waals surface area contributed by atoms with Crippen LogP contribution in [0.25, 0.3) is 0 Å². The number of ether oxygens (including phenoxy) is 1. The van der Waals surface area contributed by atoms with Crippen molar-refractivity contribution in [2.24, 2.45) is 0 Å². The largest absolute Gasteiger partial charge is 0.463 e. The molecule has 1 fully saturated rings. The number of nitrogens with zero attached hydrogens (tertiary/aromatic N) is 1. The van der Waals surface area contributed by atoms with Gasteiger partial charge in [0, 0.05) is 13.1 Å². The summed E-state index contributed by atoms with van der Waals surface area (Å²) in [5.74, 6) is -1.31. The summed E-state index contributed by atoms with van der Waals surface area (Å²) < 4.78 is 10.7. The van der Waals surface area contributed by atoms with Gasteiger partial charge >= 0.3 is 5.97 Å². The van der Waals surface area contributed by atoms with Crippen molar-refractivity contribution in [3.8, 4) is 0 Å². The Morgan fingerprint density at radius 2 is 2.24 bits per heavy atom. The van der Waals surface area contributed by atoms with E-state index in [-0.39, 0.29) is 29.3 Å². The van der Waals surface area contributed by atoms with Gasteiger partial charge in [-0.1, -0.05) is 0 Å². The molecule has 1 aromatic heterocycles. The minimum Gasteiger partial charge on any atom is -0.463 e. The molecule has 1 saturated heterocycles. The molecule has 25 heavy (non-hydrogen) atoms. The van der Waals surface area contributed by atoms with E-state index in [1.165, 1.54) is 11.0 Å². The lowest BCUT2D eigenvalue weighted by molar-refractivity contribution is -0.150. The molecule has 2 N–H and O–H groups in total. The fourth-order valence-corrected chi connectivity index (χ4v) is 2.91. The average molecular weight is 432 g/mol. The summed E-state index contributed by atoms with van der Waals surface area (Å²) in [6.07, 6.45) is -0.441. The number of esters is 1. The monoisotopic (exact) mass is 431 g/mol. The third-order valence-corrected chi connectivity index (χ3v) is 4.10. The highest BCUT2D eigenvalue weighted by molar-refractivity contribution is 9.10. The molecule has 1 aliphatic heterocycles. The molecule has 0 aliphatic carbocycles. The van der Waals surface area contributed by atoms with Gasteiger partial charge in [0.1, 0.15) is 6.04 Å². The minimum absolute atomic E-state index is 0.0507. The number of rotatable bonds is 4. The van der Waals surface area contributed by atoms with Gasteiger partial charge in [-0.2, -0.15) is 0 Å². The van der Waals surface area contributed by atoms with Gasteiger partial charge in [-0.05, 0) is 54.1 Å². The summed E-state index contributed by atoms with van der Waals surface area (Å²) in [6, 6.07) is 2.23. The molecule has 2 heterocycles. The fourth-order valence-electron chi connectivity index (χ4n) is 2.30. The summed E-state index contributed by atoms with van der Waals surface area (Å²) in [6.45, 7) is 4.18. The molecule has 0 radical (unpaired) electrons. The van der Waals surface area contributed by atoms with E-state index in [4.69, 9.17) is 21.4 Å². The molecule has 136 valence electrons. The number of carbonyl (C=O) groups is 3. The topological polar surface area (TPSA) is 101 Å². The Morgan fingerprint density at radius 1 is 1.52 bits per heavy atom. The van der Waals surface area contributed by atoms with Gasteiger partial charge in [0.25, 0.3) is 5.91 Å². The van der Waals surface area contributed by atoms with Crippen LogP contribution in [0, 0.1) is 0 Å². The summed E-state index contributed by atoms with van der Waals surface area (Å²) >= 11 is 8.35. The number of furan rings is 1. The first-order valence-electron chi connectivity index (χ1n) is 7.62. The zero-order valence-corrected chi connectivity index (χ0v) is 16.1. The van der Waals surface area contributed by atoms with Crippen LogP contribution in [0.4, 0.5) is 0 Å². The Balaban J connectivity index is 2.05. The molecule has 1 aromatic rings. The Labute approximate surface area is 158 Å². The van der Waals surface area contributed by atoms with Crippen molar-refractivity contribution in [2.45, 2.75) is 32.4 Å². The van der Waals surface area contributed by atoms with E-state index in [2.05, 4.69) is 26.6 Å². The van der Waals surface area contributed by atoms with Gasteiger partial charge in [0.15, 0.2) is 15.5 Å². The molecular weight excluding hydrogens is 414 g/mol. The van der Waals surface area contributed by atoms with Crippen molar-refractivity contribution in [1.29, 1.82) is 0 Å². The molecule has 2 amide bonds. The van der Waals surface area contributed by atoms with E-state index >= 15 is 0 Å². The standard InChI is InChI=1S/C15H18BrN3O5S/c1-8(2)23-12(20)7-9-13(21)17-5-6-19(9)15(25)18-14(22)10-3-4-11(16)24-10/h3-4,8-9H,5-7H2,1-2H3,(H,17,21)(H,18,22,25). The van der Waals surface area contributed by atoms with Crippen molar-refractivity contribution < 1.29 is 23.5 Å². The molecule has 0 spiro atoms. The quantitative estimate of drug-likeness (QED) is 0.545. The third-order valence-electron chi connectivity index (χ3n) is 3.34. The summed E-state index contributed by atoms with van der Waals surface area (Å²) in [5, 5.41) is 5.24. The predicted octanol–water partition coefficient (Wildman–Crippen LogP) is 1.20. The van der Waals surface area contributed by atoms with E-state index < -0.39 is 17.9 Å². The van der Waals surface area contributed by atoms with Crippen molar-refractivity contribution >= 4 is 51.0 Å². The molecule has 1 unspecified atom stereocenters. The Morgan fingerprint density at radius 3 is 2.84 bits per heavy atom. The van der Waals surface area contributed by atoms with E-state index in [0.29, 0.717) is 17.8 Å². The highest BCUT2D eigenvalue weighted by Crippen LogP contribution is 2.15. The van der Waals surface area contributed by atoms with Gasteiger partial charge in [-0.25, -0.2) is 0 Å². The molecule has 10 heteroatoms. The van der Waals surface area contributed by atoms with Gasteiger partial charge in [-0.3, -0.25) is 19.7 Å². The first-order valence-corrected chi connectivity index (χ1v) is 8.82. The number of amides is 2. The molecule has 2 rings (SSSR count). The first kappa shape index (κ1) is 19.4. The molecule has 1 atom stereocenters. The lowest BCUT2D eigenvalue weighted by Gasteiger charge is -2.36. The number of nitrogens with one attached hydrogen (secondary N) is 2. The second-order valence-electron chi connectivity index (χ2n) is 5.61. The van der Waals surface area contributed by atoms with E-state index in [9.17, 15) is 14.4 Å². The number of piperazine rings is 1. The summed E-state index contributed by atoms with van der Waals surface area (Å²) in [4.78, 5) is 37.7. The molecule has 1 aliphatic rings. The Bertz CT molecular complexity index is 690. The highest BCUT2D eigenvalue weighted by Gasteiger charge is 2.34. The summed E-state index contributed by atoms with van der Waals surface area (Å²) in [7, 11) is 0. The van der Waals surface area contributed by atoms with Gasteiger partial charge < -0.3 is 19.4 Å². The van der Waals surface area contributed by atoms with E-state index in [1.807, 2.05) is 0 Å². The Hall–Kier alpha value is -1.94. The maximum atomic E-state index is 12.1. The van der Waals surface area contributed by atoms with Crippen LogP contribution in [-0.2, 0) is 14.3 Å².